The normalized spacial score (nSPS) is 12.0. The molecule has 8 nitrogen and oxygen atoms in total. The Morgan fingerprint density at radius 1 is 1.15 bits per heavy atom. The van der Waals surface area contributed by atoms with Crippen molar-refractivity contribution in [1.29, 1.82) is 0 Å². The lowest BCUT2D eigenvalue weighted by atomic mass is 10.2. The summed E-state index contributed by atoms with van der Waals surface area (Å²) in [6.45, 7) is 8.51. The summed E-state index contributed by atoms with van der Waals surface area (Å²) in [5.41, 5.74) is -1.05. The summed E-state index contributed by atoms with van der Waals surface area (Å²) in [5.74, 6) is -1.64. The highest BCUT2D eigenvalue weighted by atomic mass is 32.2. The van der Waals surface area contributed by atoms with Crippen LogP contribution in [0.15, 0.2) is 23.1 Å². The molecule has 2 amide bonds. The van der Waals surface area contributed by atoms with Gasteiger partial charge in [-0.1, -0.05) is 0 Å². The molecule has 0 bridgehead atoms. The molecule has 0 fully saturated rings. The maximum Gasteiger partial charge on any atom is 0.407 e. The van der Waals surface area contributed by atoms with Crippen molar-refractivity contribution in [2.24, 2.45) is 0 Å². The van der Waals surface area contributed by atoms with Gasteiger partial charge in [0.05, 0.1) is 10.5 Å². The minimum absolute atomic E-state index is 0.0126. The van der Waals surface area contributed by atoms with E-state index in [0.29, 0.717) is 0 Å². The van der Waals surface area contributed by atoms with Crippen molar-refractivity contribution in [3.8, 4) is 0 Å². The summed E-state index contributed by atoms with van der Waals surface area (Å²) >= 11 is 0. The van der Waals surface area contributed by atoms with Gasteiger partial charge in [-0.3, -0.25) is 4.79 Å². The predicted molar refractivity (Wildman–Crippen MR) is 98.4 cm³/mol. The van der Waals surface area contributed by atoms with Gasteiger partial charge in [0.15, 0.2) is 0 Å². The number of rotatable bonds is 7. The Labute approximate surface area is 158 Å². The van der Waals surface area contributed by atoms with Crippen molar-refractivity contribution < 1.29 is 27.1 Å². The van der Waals surface area contributed by atoms with Gasteiger partial charge in [0.25, 0.3) is 5.91 Å². The van der Waals surface area contributed by atoms with E-state index in [-0.39, 0.29) is 24.0 Å². The van der Waals surface area contributed by atoms with Crippen LogP contribution >= 0.6 is 0 Å². The molecule has 3 N–H and O–H groups in total. The first-order valence-electron chi connectivity index (χ1n) is 8.39. The van der Waals surface area contributed by atoms with Crippen molar-refractivity contribution in [2.75, 3.05) is 13.1 Å². The molecule has 0 aromatic heterocycles. The fourth-order valence-corrected chi connectivity index (χ4v) is 3.25. The van der Waals surface area contributed by atoms with Crippen LogP contribution in [0.3, 0.4) is 0 Å². The highest BCUT2D eigenvalue weighted by Gasteiger charge is 2.20. The molecule has 0 aliphatic carbocycles. The second-order valence-electron chi connectivity index (χ2n) is 7.10. The van der Waals surface area contributed by atoms with Gasteiger partial charge in [0.2, 0.25) is 10.0 Å². The summed E-state index contributed by atoms with van der Waals surface area (Å²) in [6.07, 6.45) is -0.643. The number of nitrogens with one attached hydrogen (secondary N) is 3. The van der Waals surface area contributed by atoms with Gasteiger partial charge in [0, 0.05) is 19.1 Å². The Hall–Kier alpha value is -2.20. The number of benzene rings is 1. The third-order valence-corrected chi connectivity index (χ3v) is 4.62. The third-order valence-electron chi connectivity index (χ3n) is 2.96. The average molecular weight is 403 g/mol. The second-order valence-corrected chi connectivity index (χ2v) is 8.82. The molecular weight excluding hydrogens is 377 g/mol. The SMILES string of the molecule is CC(C)NS(=O)(=O)c1ccc(F)c(C(=O)NCCNC(=O)OC(C)(C)C)c1. The van der Waals surface area contributed by atoms with Crippen LogP contribution in [0, 0.1) is 5.82 Å². The van der Waals surface area contributed by atoms with E-state index in [9.17, 15) is 22.4 Å². The minimum Gasteiger partial charge on any atom is -0.444 e. The van der Waals surface area contributed by atoms with Gasteiger partial charge in [-0.15, -0.1) is 0 Å². The van der Waals surface area contributed by atoms with Crippen molar-refractivity contribution in [3.05, 3.63) is 29.6 Å². The number of ether oxygens (including phenoxy) is 1. The Morgan fingerprint density at radius 3 is 2.30 bits per heavy atom. The first-order valence-corrected chi connectivity index (χ1v) is 9.87. The average Bonchev–Trinajstić information content (AvgIpc) is 2.48. The molecule has 0 heterocycles. The number of hydrogen-bond acceptors (Lipinski definition) is 5. The molecule has 0 saturated heterocycles. The first kappa shape index (κ1) is 22.8. The molecule has 0 spiro atoms. The van der Waals surface area contributed by atoms with E-state index in [1.807, 2.05) is 0 Å². The van der Waals surface area contributed by atoms with Crippen LogP contribution in [0.5, 0.6) is 0 Å². The Bertz CT molecular complexity index is 788. The fourth-order valence-electron chi connectivity index (χ4n) is 1.97. The van der Waals surface area contributed by atoms with Crippen LogP contribution in [-0.2, 0) is 14.8 Å². The first-order chi connectivity index (χ1) is 12.3. The topological polar surface area (TPSA) is 114 Å². The summed E-state index contributed by atoms with van der Waals surface area (Å²) in [7, 11) is -3.86. The van der Waals surface area contributed by atoms with Crippen LogP contribution in [0.1, 0.15) is 45.0 Å². The molecule has 10 heteroatoms. The summed E-state index contributed by atoms with van der Waals surface area (Å²) in [4.78, 5) is 23.4. The molecule has 0 aliphatic rings. The van der Waals surface area contributed by atoms with E-state index in [4.69, 9.17) is 4.74 Å². The van der Waals surface area contributed by atoms with Crippen molar-refractivity contribution in [2.45, 2.75) is 51.2 Å². The molecule has 0 unspecified atom stereocenters. The molecule has 27 heavy (non-hydrogen) atoms. The lowest BCUT2D eigenvalue weighted by Crippen LogP contribution is -2.38. The molecule has 0 atom stereocenters. The van der Waals surface area contributed by atoms with E-state index >= 15 is 0 Å². The highest BCUT2D eigenvalue weighted by Crippen LogP contribution is 2.15. The van der Waals surface area contributed by atoms with Crippen LogP contribution in [0.25, 0.3) is 0 Å². The Morgan fingerprint density at radius 2 is 1.74 bits per heavy atom. The lowest BCUT2D eigenvalue weighted by Gasteiger charge is -2.19. The van der Waals surface area contributed by atoms with Crippen LogP contribution < -0.4 is 15.4 Å². The number of halogens is 1. The molecule has 1 rings (SSSR count). The van der Waals surface area contributed by atoms with E-state index < -0.39 is 39.0 Å². The Balaban J connectivity index is 2.70. The predicted octanol–water partition coefficient (Wildman–Crippen LogP) is 1.77. The molecule has 0 radical (unpaired) electrons. The highest BCUT2D eigenvalue weighted by molar-refractivity contribution is 7.89. The molecule has 0 saturated carbocycles. The molecule has 152 valence electrons. The van der Waals surface area contributed by atoms with Gasteiger partial charge >= 0.3 is 6.09 Å². The van der Waals surface area contributed by atoms with Gasteiger partial charge in [-0.2, -0.15) is 0 Å². The van der Waals surface area contributed by atoms with Crippen molar-refractivity contribution >= 4 is 22.0 Å². The second kappa shape index (κ2) is 9.14. The summed E-state index contributed by atoms with van der Waals surface area (Å²) in [6, 6.07) is 2.62. The molecular formula is C17H26FN3O5S. The number of amides is 2. The van der Waals surface area contributed by atoms with Gasteiger partial charge in [-0.25, -0.2) is 22.3 Å². The van der Waals surface area contributed by atoms with Crippen LogP contribution in [0.4, 0.5) is 9.18 Å². The van der Waals surface area contributed by atoms with E-state index in [1.54, 1.807) is 34.6 Å². The smallest absolute Gasteiger partial charge is 0.407 e. The largest absolute Gasteiger partial charge is 0.444 e. The van der Waals surface area contributed by atoms with Gasteiger partial charge < -0.3 is 15.4 Å². The maximum absolute atomic E-state index is 13.9. The van der Waals surface area contributed by atoms with E-state index in [2.05, 4.69) is 15.4 Å². The minimum atomic E-state index is -3.86. The van der Waals surface area contributed by atoms with Gasteiger partial charge in [-0.05, 0) is 52.8 Å². The van der Waals surface area contributed by atoms with Crippen LogP contribution in [0.2, 0.25) is 0 Å². The summed E-state index contributed by atoms with van der Waals surface area (Å²) < 4.78 is 45.6. The number of sulfonamides is 1. The number of alkyl carbamates (subject to hydrolysis) is 1. The maximum atomic E-state index is 13.9. The quantitative estimate of drug-likeness (QED) is 0.601. The van der Waals surface area contributed by atoms with Gasteiger partial charge in [0.1, 0.15) is 11.4 Å². The standard InChI is InChI=1S/C17H26FN3O5S/c1-11(2)21-27(24,25)12-6-7-14(18)13(10-12)15(22)19-8-9-20-16(23)26-17(3,4)5/h6-7,10-11,21H,8-9H2,1-5H3,(H,19,22)(H,20,23). The molecule has 0 aliphatic heterocycles. The molecule has 1 aromatic carbocycles. The van der Waals surface area contributed by atoms with E-state index in [0.717, 1.165) is 18.2 Å². The number of hydrogen-bond donors (Lipinski definition) is 3. The fraction of sp³-hybridized carbons (Fsp3) is 0.529. The monoisotopic (exact) mass is 403 g/mol. The van der Waals surface area contributed by atoms with Crippen molar-refractivity contribution in [3.63, 3.8) is 0 Å². The van der Waals surface area contributed by atoms with Crippen LogP contribution in [-0.4, -0.2) is 45.2 Å². The lowest BCUT2D eigenvalue weighted by molar-refractivity contribution is 0.0526. The summed E-state index contributed by atoms with van der Waals surface area (Å²) in [5, 5.41) is 4.86. The van der Waals surface area contributed by atoms with E-state index in [1.165, 1.54) is 0 Å². The zero-order valence-corrected chi connectivity index (χ0v) is 16.9. The zero-order valence-electron chi connectivity index (χ0n) is 16.1. The number of carbonyl (C=O) groups excluding carboxylic acids is 2. The number of carbonyl (C=O) groups is 2. The third kappa shape index (κ3) is 7.92. The zero-order chi connectivity index (χ0) is 20.8. The molecule has 1 aromatic rings. The Kier molecular flexibility index (Phi) is 7.73. The van der Waals surface area contributed by atoms with Crippen molar-refractivity contribution in [1.82, 2.24) is 15.4 Å².